The van der Waals surface area contributed by atoms with Crippen LogP contribution in [0, 0.1) is 5.92 Å². The van der Waals surface area contributed by atoms with Crippen LogP contribution in [0.1, 0.15) is 25.7 Å². The Hall–Kier alpha value is -1.10. The summed E-state index contributed by atoms with van der Waals surface area (Å²) in [5.74, 6) is 1.85. The summed E-state index contributed by atoms with van der Waals surface area (Å²) >= 11 is 0. The summed E-state index contributed by atoms with van der Waals surface area (Å²) in [5.41, 5.74) is 5.55. The van der Waals surface area contributed by atoms with E-state index in [1.54, 1.807) is 0 Å². The molecule has 0 radical (unpaired) electrons. The van der Waals surface area contributed by atoms with Crippen molar-refractivity contribution in [1.29, 1.82) is 0 Å². The van der Waals surface area contributed by atoms with Gasteiger partial charge in [-0.2, -0.15) is 4.98 Å². The van der Waals surface area contributed by atoms with Crippen LogP contribution in [0.25, 0.3) is 0 Å². The number of anilines is 1. The van der Waals surface area contributed by atoms with Gasteiger partial charge in [0, 0.05) is 19.5 Å². The van der Waals surface area contributed by atoms with Crippen LogP contribution in [0.15, 0.2) is 4.52 Å². The molecule has 2 rings (SSSR count). The maximum Gasteiger partial charge on any atom is 0.266 e. The van der Waals surface area contributed by atoms with E-state index in [-0.39, 0.29) is 0 Å². The highest BCUT2D eigenvalue weighted by atomic mass is 16.5. The van der Waals surface area contributed by atoms with Crippen LogP contribution in [-0.4, -0.2) is 29.8 Å². The zero-order valence-corrected chi connectivity index (χ0v) is 9.15. The first kappa shape index (κ1) is 10.4. The summed E-state index contributed by atoms with van der Waals surface area (Å²) in [6, 6.07) is 0. The van der Waals surface area contributed by atoms with Crippen molar-refractivity contribution >= 4 is 5.95 Å². The van der Waals surface area contributed by atoms with Gasteiger partial charge in [-0.25, -0.2) is 0 Å². The molecule has 1 unspecified atom stereocenters. The summed E-state index contributed by atoms with van der Waals surface area (Å²) in [6.45, 7) is 4.83. The Morgan fingerprint density at radius 3 is 2.87 bits per heavy atom. The highest BCUT2D eigenvalue weighted by Gasteiger charge is 2.18. The molecule has 0 aliphatic carbocycles. The quantitative estimate of drug-likeness (QED) is 0.796. The van der Waals surface area contributed by atoms with Crippen molar-refractivity contribution in [1.82, 2.24) is 10.1 Å². The van der Waals surface area contributed by atoms with Gasteiger partial charge in [-0.1, -0.05) is 6.92 Å². The molecule has 0 spiro atoms. The Bertz CT molecular complexity index is 306. The molecular weight excluding hydrogens is 192 g/mol. The lowest BCUT2D eigenvalue weighted by molar-refractivity contribution is 0.359. The smallest absolute Gasteiger partial charge is 0.266 e. The fraction of sp³-hybridized carbons (Fsp3) is 0.800. The molecule has 1 aromatic rings. The van der Waals surface area contributed by atoms with Crippen molar-refractivity contribution in [2.24, 2.45) is 11.7 Å². The molecule has 0 amide bonds. The van der Waals surface area contributed by atoms with Gasteiger partial charge in [-0.05, 0) is 30.5 Å². The van der Waals surface area contributed by atoms with Gasteiger partial charge in [0.05, 0.1) is 0 Å². The third kappa shape index (κ3) is 2.47. The van der Waals surface area contributed by atoms with Gasteiger partial charge in [-0.3, -0.25) is 0 Å². The SMILES string of the molecule is CC(CN)Cc1nc(N2CCCC2)no1. The van der Waals surface area contributed by atoms with Crippen LogP contribution in [0.4, 0.5) is 5.95 Å². The van der Waals surface area contributed by atoms with Crippen molar-refractivity contribution in [3.05, 3.63) is 5.89 Å². The van der Waals surface area contributed by atoms with Crippen molar-refractivity contribution in [3.8, 4) is 0 Å². The third-order valence-electron chi connectivity index (χ3n) is 2.77. The second-order valence-electron chi connectivity index (χ2n) is 4.23. The van der Waals surface area contributed by atoms with Crippen molar-refractivity contribution in [2.75, 3.05) is 24.5 Å². The largest absolute Gasteiger partial charge is 0.338 e. The topological polar surface area (TPSA) is 68.2 Å². The zero-order valence-electron chi connectivity index (χ0n) is 9.15. The molecule has 2 N–H and O–H groups in total. The molecule has 0 bridgehead atoms. The summed E-state index contributed by atoms with van der Waals surface area (Å²) in [4.78, 5) is 6.54. The van der Waals surface area contributed by atoms with E-state index < -0.39 is 0 Å². The monoisotopic (exact) mass is 210 g/mol. The lowest BCUT2D eigenvalue weighted by atomic mass is 10.1. The average molecular weight is 210 g/mol. The molecular formula is C10H18N4O. The van der Waals surface area contributed by atoms with Crippen molar-refractivity contribution in [2.45, 2.75) is 26.2 Å². The molecule has 1 saturated heterocycles. The minimum absolute atomic E-state index is 0.400. The van der Waals surface area contributed by atoms with E-state index >= 15 is 0 Å². The van der Waals surface area contributed by atoms with E-state index in [9.17, 15) is 0 Å². The number of nitrogens with two attached hydrogens (primary N) is 1. The molecule has 1 atom stereocenters. The number of rotatable bonds is 4. The van der Waals surface area contributed by atoms with E-state index in [1.165, 1.54) is 12.8 Å². The minimum atomic E-state index is 0.400. The van der Waals surface area contributed by atoms with Crippen LogP contribution in [0.3, 0.4) is 0 Å². The maximum atomic E-state index is 5.55. The number of aromatic nitrogens is 2. The van der Waals surface area contributed by atoms with Gasteiger partial charge < -0.3 is 15.2 Å². The predicted octanol–water partition coefficient (Wildman–Crippen LogP) is 0.807. The van der Waals surface area contributed by atoms with E-state index in [0.29, 0.717) is 18.4 Å². The fourth-order valence-electron chi connectivity index (χ4n) is 1.76. The highest BCUT2D eigenvalue weighted by molar-refractivity contribution is 5.28. The van der Waals surface area contributed by atoms with E-state index in [1.807, 2.05) is 0 Å². The number of hydrogen-bond acceptors (Lipinski definition) is 5. The van der Waals surface area contributed by atoms with Gasteiger partial charge in [0.2, 0.25) is 5.89 Å². The van der Waals surface area contributed by atoms with Gasteiger partial charge in [0.15, 0.2) is 0 Å². The van der Waals surface area contributed by atoms with Crippen LogP contribution in [-0.2, 0) is 6.42 Å². The summed E-state index contributed by atoms with van der Waals surface area (Å²) in [7, 11) is 0. The number of hydrogen-bond donors (Lipinski definition) is 1. The third-order valence-corrected chi connectivity index (χ3v) is 2.77. The predicted molar refractivity (Wildman–Crippen MR) is 57.7 cm³/mol. The summed E-state index contributed by atoms with van der Waals surface area (Å²) in [6.07, 6.45) is 3.23. The van der Waals surface area contributed by atoms with Crippen LogP contribution >= 0.6 is 0 Å². The zero-order chi connectivity index (χ0) is 10.7. The first-order valence-electron chi connectivity index (χ1n) is 5.57. The Labute approximate surface area is 89.6 Å². The summed E-state index contributed by atoms with van der Waals surface area (Å²) < 4.78 is 5.19. The van der Waals surface area contributed by atoms with Crippen molar-refractivity contribution < 1.29 is 4.52 Å². The molecule has 5 heteroatoms. The van der Waals surface area contributed by atoms with Gasteiger partial charge in [0.25, 0.3) is 5.95 Å². The van der Waals surface area contributed by atoms with Crippen LogP contribution in [0.5, 0.6) is 0 Å². The molecule has 84 valence electrons. The summed E-state index contributed by atoms with van der Waals surface area (Å²) in [5, 5.41) is 3.98. The molecule has 1 aromatic heterocycles. The van der Waals surface area contributed by atoms with E-state index in [4.69, 9.17) is 10.3 Å². The fourth-order valence-corrected chi connectivity index (χ4v) is 1.76. The van der Waals surface area contributed by atoms with E-state index in [0.717, 1.165) is 25.5 Å². The molecule has 2 heterocycles. The lowest BCUT2D eigenvalue weighted by Crippen LogP contribution is -2.19. The molecule has 15 heavy (non-hydrogen) atoms. The molecule has 1 aliphatic rings. The molecule has 1 aliphatic heterocycles. The first-order chi connectivity index (χ1) is 7.29. The molecule has 5 nitrogen and oxygen atoms in total. The standard InChI is InChI=1S/C10H18N4O/c1-8(7-11)6-9-12-10(13-15-9)14-4-2-3-5-14/h8H,2-7,11H2,1H3. The maximum absolute atomic E-state index is 5.55. The highest BCUT2D eigenvalue weighted by Crippen LogP contribution is 2.17. The Kier molecular flexibility index (Phi) is 3.20. The van der Waals surface area contributed by atoms with Gasteiger partial charge in [-0.15, -0.1) is 0 Å². The Morgan fingerprint density at radius 1 is 1.47 bits per heavy atom. The number of nitrogens with zero attached hydrogens (tertiary/aromatic N) is 3. The second kappa shape index (κ2) is 4.61. The van der Waals surface area contributed by atoms with Gasteiger partial charge >= 0.3 is 0 Å². The van der Waals surface area contributed by atoms with Crippen molar-refractivity contribution in [3.63, 3.8) is 0 Å². The molecule has 0 saturated carbocycles. The van der Waals surface area contributed by atoms with Crippen LogP contribution < -0.4 is 10.6 Å². The lowest BCUT2D eigenvalue weighted by Gasteiger charge is -2.09. The first-order valence-corrected chi connectivity index (χ1v) is 5.57. The van der Waals surface area contributed by atoms with Gasteiger partial charge in [0.1, 0.15) is 0 Å². The van der Waals surface area contributed by atoms with Crippen LogP contribution in [0.2, 0.25) is 0 Å². The minimum Gasteiger partial charge on any atom is -0.338 e. The Balaban J connectivity index is 1.97. The van der Waals surface area contributed by atoms with E-state index in [2.05, 4.69) is 22.0 Å². The Morgan fingerprint density at radius 2 is 2.20 bits per heavy atom. The second-order valence-corrected chi connectivity index (χ2v) is 4.23. The molecule has 0 aromatic carbocycles. The molecule has 1 fully saturated rings. The normalized spacial score (nSPS) is 18.4. The average Bonchev–Trinajstić information content (AvgIpc) is 2.85.